The molecule has 0 aromatic heterocycles. The van der Waals surface area contributed by atoms with Crippen LogP contribution in [0.5, 0.6) is 5.75 Å². The van der Waals surface area contributed by atoms with Crippen LogP contribution in [0.4, 0.5) is 32.0 Å². The highest BCUT2D eigenvalue weighted by Gasteiger charge is 2.56. The zero-order valence-corrected chi connectivity index (χ0v) is 27.8. The van der Waals surface area contributed by atoms with E-state index >= 15 is 0 Å². The van der Waals surface area contributed by atoms with Gasteiger partial charge < -0.3 is 15.3 Å². The highest BCUT2D eigenvalue weighted by molar-refractivity contribution is 6.22. The molecule has 0 unspecified atom stereocenters. The molecule has 1 saturated heterocycles. The maximum Gasteiger partial charge on any atom is 0.416 e. The van der Waals surface area contributed by atoms with Crippen LogP contribution >= 0.6 is 0 Å². The average Bonchev–Trinajstić information content (AvgIpc) is 3.31. The maximum atomic E-state index is 13.9. The largest absolute Gasteiger partial charge is 0.507 e. The standard InChI is InChI=1S/C38H39F6NO5/c1-4-7-21(14-22-11-13-31(47)27-9-6-5-8-26(22)27)10-12-32(48)33-28(20(2)3)18-29-34(30(33)19-46)36(50)45(35(29)49)25-16-23(37(39,40)41)15-24(17-25)38(42,43)44/h5-6,8-9,11,13-17,20,29-30,32,34,46-48H,4,7,10,12,18-19H2,1-3H3/b21-14+/t29-,30+,32-,34-/m1/s1. The Balaban J connectivity index is 1.47. The maximum absolute atomic E-state index is 13.9. The quantitative estimate of drug-likeness (QED) is 0.112. The fourth-order valence-electron chi connectivity index (χ4n) is 7.49. The summed E-state index contributed by atoms with van der Waals surface area (Å²) in [6.45, 7) is 4.97. The molecule has 6 nitrogen and oxygen atoms in total. The summed E-state index contributed by atoms with van der Waals surface area (Å²) in [5, 5.41) is 34.2. The fourth-order valence-corrected chi connectivity index (χ4v) is 7.49. The van der Waals surface area contributed by atoms with Gasteiger partial charge in [-0.15, -0.1) is 0 Å². The van der Waals surface area contributed by atoms with Crippen LogP contribution in [0.25, 0.3) is 16.8 Å². The number of benzene rings is 3. The number of hydrogen-bond acceptors (Lipinski definition) is 5. The van der Waals surface area contributed by atoms with Crippen molar-refractivity contribution in [1.29, 1.82) is 0 Å². The number of halogens is 6. The van der Waals surface area contributed by atoms with Crippen LogP contribution in [0.15, 0.2) is 71.3 Å². The summed E-state index contributed by atoms with van der Waals surface area (Å²) >= 11 is 0. The monoisotopic (exact) mass is 703 g/mol. The topological polar surface area (TPSA) is 98.1 Å². The number of phenols is 1. The van der Waals surface area contributed by atoms with E-state index in [-0.39, 0.29) is 30.6 Å². The number of carbonyl (C=O) groups is 2. The lowest BCUT2D eigenvalue weighted by Crippen LogP contribution is -2.40. The minimum absolute atomic E-state index is 0.0471. The van der Waals surface area contributed by atoms with E-state index in [1.54, 1.807) is 6.07 Å². The second-order valence-corrected chi connectivity index (χ2v) is 13.4. The van der Waals surface area contributed by atoms with Gasteiger partial charge in [-0.2, -0.15) is 26.3 Å². The van der Waals surface area contributed by atoms with Gasteiger partial charge in [0.25, 0.3) is 0 Å². The number of nitrogens with zero attached hydrogens (tertiary/aromatic N) is 1. The molecule has 3 aromatic rings. The molecule has 2 amide bonds. The zero-order chi connectivity index (χ0) is 36.7. The number of aromatic hydroxyl groups is 1. The Bertz CT molecular complexity index is 1810. The number of rotatable bonds is 10. The van der Waals surface area contributed by atoms with Crippen LogP contribution in [0.1, 0.15) is 69.6 Å². The van der Waals surface area contributed by atoms with Gasteiger partial charge in [0, 0.05) is 11.3 Å². The lowest BCUT2D eigenvalue weighted by molar-refractivity contribution is -0.143. The number of hydrogen-bond donors (Lipinski definition) is 3. The van der Waals surface area contributed by atoms with Crippen molar-refractivity contribution in [3.63, 3.8) is 0 Å². The Hall–Kier alpha value is -4.16. The number of phenolic OH excluding ortho intramolecular Hbond substituents is 1. The van der Waals surface area contributed by atoms with Crippen LogP contribution in [-0.4, -0.2) is 39.8 Å². The third-order valence-corrected chi connectivity index (χ3v) is 9.81. The van der Waals surface area contributed by atoms with E-state index in [0.717, 1.165) is 22.9 Å². The Morgan fingerprint density at radius 2 is 1.54 bits per heavy atom. The Kier molecular flexibility index (Phi) is 10.6. The predicted molar refractivity (Wildman–Crippen MR) is 177 cm³/mol. The van der Waals surface area contributed by atoms with Crippen LogP contribution in [-0.2, 0) is 21.9 Å². The molecule has 1 aliphatic heterocycles. The van der Waals surface area contributed by atoms with E-state index in [4.69, 9.17) is 0 Å². The van der Waals surface area contributed by atoms with Crippen molar-refractivity contribution in [2.45, 2.75) is 71.3 Å². The first-order valence-corrected chi connectivity index (χ1v) is 16.6. The first-order valence-electron chi connectivity index (χ1n) is 16.6. The minimum atomic E-state index is -5.19. The van der Waals surface area contributed by atoms with E-state index in [1.165, 1.54) is 0 Å². The van der Waals surface area contributed by atoms with Gasteiger partial charge in [0.05, 0.1) is 41.4 Å². The molecule has 12 heteroatoms. The van der Waals surface area contributed by atoms with Crippen LogP contribution in [0, 0.1) is 23.7 Å². The Morgan fingerprint density at radius 3 is 2.10 bits per heavy atom. The molecule has 3 N–H and O–H groups in total. The van der Waals surface area contributed by atoms with Crippen LogP contribution in [0.2, 0.25) is 0 Å². The molecule has 0 saturated carbocycles. The Labute approximate surface area is 285 Å². The number of aliphatic hydroxyl groups excluding tert-OH is 2. The van der Waals surface area contributed by atoms with Crippen molar-refractivity contribution in [3.8, 4) is 5.75 Å². The lowest BCUT2D eigenvalue weighted by atomic mass is 9.66. The molecule has 1 aliphatic carbocycles. The summed E-state index contributed by atoms with van der Waals surface area (Å²) in [7, 11) is 0. The van der Waals surface area contributed by atoms with E-state index < -0.39 is 71.4 Å². The summed E-state index contributed by atoms with van der Waals surface area (Å²) in [5.74, 6) is -5.61. The van der Waals surface area contributed by atoms with E-state index in [9.17, 15) is 51.3 Å². The zero-order valence-electron chi connectivity index (χ0n) is 27.8. The Morgan fingerprint density at radius 1 is 0.920 bits per heavy atom. The van der Waals surface area contributed by atoms with Gasteiger partial charge in [0.15, 0.2) is 0 Å². The van der Waals surface area contributed by atoms with Gasteiger partial charge in [-0.3, -0.25) is 9.59 Å². The summed E-state index contributed by atoms with van der Waals surface area (Å²) in [6, 6.07) is 11.5. The number of amides is 2. The number of alkyl halides is 6. The third-order valence-electron chi connectivity index (χ3n) is 9.81. The minimum Gasteiger partial charge on any atom is -0.507 e. The van der Waals surface area contributed by atoms with E-state index in [2.05, 4.69) is 0 Å². The van der Waals surface area contributed by atoms with Crippen LogP contribution < -0.4 is 4.90 Å². The third kappa shape index (κ3) is 7.18. The van der Waals surface area contributed by atoms with Crippen molar-refractivity contribution in [3.05, 3.63) is 88.0 Å². The number of allylic oxidation sites excluding steroid dienone is 2. The molecule has 2 aliphatic rings. The normalized spacial score (nSPS) is 21.1. The van der Waals surface area contributed by atoms with Crippen molar-refractivity contribution in [2.24, 2.45) is 23.7 Å². The number of aliphatic hydroxyl groups is 2. The molecule has 1 heterocycles. The molecule has 0 bridgehead atoms. The lowest BCUT2D eigenvalue weighted by Gasteiger charge is -2.38. The van der Waals surface area contributed by atoms with Crippen LogP contribution in [0.3, 0.4) is 0 Å². The predicted octanol–water partition coefficient (Wildman–Crippen LogP) is 8.68. The van der Waals surface area contributed by atoms with Gasteiger partial charge in [-0.05, 0) is 72.4 Å². The van der Waals surface area contributed by atoms with Gasteiger partial charge in [0.2, 0.25) is 11.8 Å². The second kappa shape index (κ2) is 14.2. The first-order chi connectivity index (χ1) is 23.5. The smallest absolute Gasteiger partial charge is 0.416 e. The highest BCUT2D eigenvalue weighted by atomic mass is 19.4. The summed E-state index contributed by atoms with van der Waals surface area (Å²) in [5.41, 5.74) is -1.30. The second-order valence-electron chi connectivity index (χ2n) is 13.4. The van der Waals surface area contributed by atoms with E-state index in [0.29, 0.717) is 46.4 Å². The highest BCUT2D eigenvalue weighted by Crippen LogP contribution is 2.50. The molecule has 5 rings (SSSR count). The van der Waals surface area contributed by atoms with Crippen molar-refractivity contribution in [2.75, 3.05) is 11.5 Å². The van der Waals surface area contributed by atoms with Crippen molar-refractivity contribution >= 4 is 34.4 Å². The van der Waals surface area contributed by atoms with Crippen molar-refractivity contribution in [1.82, 2.24) is 0 Å². The molecular formula is C38H39F6NO5. The first kappa shape index (κ1) is 37.1. The number of carbonyl (C=O) groups excluding carboxylic acids is 2. The fraction of sp³-hybridized carbons (Fsp3) is 0.421. The van der Waals surface area contributed by atoms with Gasteiger partial charge in [-0.1, -0.05) is 74.7 Å². The average molecular weight is 704 g/mol. The van der Waals surface area contributed by atoms with E-state index in [1.807, 2.05) is 57.2 Å². The van der Waals surface area contributed by atoms with Crippen molar-refractivity contribution < 1.29 is 51.3 Å². The SMILES string of the molecule is CCC/C(=C\c1ccc(O)c2ccccc12)CC[C@@H](O)C1=C(C(C)C)C[C@H]2C(=O)N(c3cc(C(F)(F)F)cc(C(F)(F)F)c3)C(=O)[C@H]2[C@H]1CO. The molecule has 50 heavy (non-hydrogen) atoms. The van der Waals surface area contributed by atoms with Gasteiger partial charge >= 0.3 is 12.4 Å². The summed E-state index contributed by atoms with van der Waals surface area (Å²) in [4.78, 5) is 28.0. The number of fused-ring (bicyclic) bond motifs is 2. The molecule has 4 atom stereocenters. The molecular weight excluding hydrogens is 664 g/mol. The van der Waals surface area contributed by atoms with Gasteiger partial charge in [-0.25, -0.2) is 4.90 Å². The number of imide groups is 1. The molecule has 3 aromatic carbocycles. The summed E-state index contributed by atoms with van der Waals surface area (Å²) < 4.78 is 81.9. The summed E-state index contributed by atoms with van der Waals surface area (Å²) in [6.07, 6.45) is -7.45. The molecule has 1 fully saturated rings. The van der Waals surface area contributed by atoms with Gasteiger partial charge in [0.1, 0.15) is 5.75 Å². The molecule has 0 spiro atoms. The molecule has 0 radical (unpaired) electrons. The number of anilines is 1. The molecule has 268 valence electrons.